The summed E-state index contributed by atoms with van der Waals surface area (Å²) in [7, 11) is 3.30. The van der Waals surface area contributed by atoms with E-state index in [-0.39, 0.29) is 5.91 Å². The summed E-state index contributed by atoms with van der Waals surface area (Å²) in [6, 6.07) is 5.22. The molecule has 0 aliphatic heterocycles. The van der Waals surface area contributed by atoms with Gasteiger partial charge in [-0.1, -0.05) is 0 Å². The van der Waals surface area contributed by atoms with Crippen LogP contribution in [0.15, 0.2) is 22.7 Å². The van der Waals surface area contributed by atoms with Gasteiger partial charge in [-0.3, -0.25) is 9.89 Å². The number of ether oxygens (including phenoxy) is 1. The predicted octanol–water partition coefficient (Wildman–Crippen LogP) is 2.16. The lowest BCUT2D eigenvalue weighted by atomic mass is 10.2. The molecule has 1 amide bonds. The van der Waals surface area contributed by atoms with Crippen molar-refractivity contribution in [1.82, 2.24) is 20.1 Å². The molecule has 106 valence electrons. The van der Waals surface area contributed by atoms with Gasteiger partial charge in [-0.2, -0.15) is 5.10 Å². The van der Waals surface area contributed by atoms with E-state index in [9.17, 15) is 4.79 Å². The third-order valence-corrected chi connectivity index (χ3v) is 3.39. The van der Waals surface area contributed by atoms with Crippen molar-refractivity contribution in [3.05, 3.63) is 39.9 Å². The fourth-order valence-corrected chi connectivity index (χ4v) is 2.30. The number of amides is 1. The zero-order valence-electron chi connectivity index (χ0n) is 11.5. The first-order valence-corrected chi connectivity index (χ1v) is 6.77. The van der Waals surface area contributed by atoms with Gasteiger partial charge in [0.15, 0.2) is 5.82 Å². The van der Waals surface area contributed by atoms with Crippen molar-refractivity contribution < 1.29 is 9.53 Å². The Labute approximate surface area is 125 Å². The molecule has 2 aromatic rings. The van der Waals surface area contributed by atoms with Gasteiger partial charge in [-0.05, 0) is 41.1 Å². The molecule has 0 saturated carbocycles. The van der Waals surface area contributed by atoms with Crippen LogP contribution in [0.25, 0.3) is 0 Å². The summed E-state index contributed by atoms with van der Waals surface area (Å²) in [6.45, 7) is 2.17. The van der Waals surface area contributed by atoms with E-state index in [0.29, 0.717) is 23.7 Å². The first-order chi connectivity index (χ1) is 9.51. The van der Waals surface area contributed by atoms with Crippen LogP contribution < -0.4 is 4.74 Å². The van der Waals surface area contributed by atoms with Crippen LogP contribution in [0.1, 0.15) is 22.0 Å². The van der Waals surface area contributed by atoms with Gasteiger partial charge in [0, 0.05) is 12.6 Å². The summed E-state index contributed by atoms with van der Waals surface area (Å²) in [5.41, 5.74) is 0.576. The smallest absolute Gasteiger partial charge is 0.254 e. The minimum absolute atomic E-state index is 0.101. The number of hydrogen-bond acceptors (Lipinski definition) is 4. The molecule has 0 aliphatic rings. The van der Waals surface area contributed by atoms with Crippen LogP contribution in [0.2, 0.25) is 0 Å². The van der Waals surface area contributed by atoms with E-state index in [0.717, 1.165) is 10.3 Å². The van der Waals surface area contributed by atoms with Crippen LogP contribution in [0.3, 0.4) is 0 Å². The number of aromatic amines is 1. The van der Waals surface area contributed by atoms with Crippen LogP contribution in [0, 0.1) is 6.92 Å². The van der Waals surface area contributed by atoms with E-state index in [2.05, 4.69) is 31.1 Å². The number of rotatable bonds is 4. The van der Waals surface area contributed by atoms with Crippen molar-refractivity contribution in [2.75, 3.05) is 14.2 Å². The van der Waals surface area contributed by atoms with Gasteiger partial charge in [0.25, 0.3) is 5.91 Å². The van der Waals surface area contributed by atoms with E-state index >= 15 is 0 Å². The van der Waals surface area contributed by atoms with Crippen LogP contribution in [0.5, 0.6) is 5.75 Å². The number of aromatic nitrogens is 3. The third kappa shape index (κ3) is 3.16. The number of H-pyrrole nitrogens is 1. The predicted molar refractivity (Wildman–Crippen MR) is 77.6 cm³/mol. The molecule has 0 atom stereocenters. The molecule has 1 aromatic carbocycles. The van der Waals surface area contributed by atoms with Gasteiger partial charge in [0.1, 0.15) is 11.6 Å². The average molecular weight is 339 g/mol. The maximum atomic E-state index is 12.3. The van der Waals surface area contributed by atoms with E-state index < -0.39 is 0 Å². The second kappa shape index (κ2) is 6.04. The lowest BCUT2D eigenvalue weighted by Gasteiger charge is -2.15. The monoisotopic (exact) mass is 338 g/mol. The minimum Gasteiger partial charge on any atom is -0.496 e. The third-order valence-electron chi connectivity index (χ3n) is 2.77. The van der Waals surface area contributed by atoms with Crippen molar-refractivity contribution in [2.45, 2.75) is 13.5 Å². The number of nitrogens with one attached hydrogen (secondary N) is 1. The van der Waals surface area contributed by atoms with Crippen molar-refractivity contribution >= 4 is 21.8 Å². The normalized spacial score (nSPS) is 10.4. The topological polar surface area (TPSA) is 71.1 Å². The minimum atomic E-state index is -0.101. The Balaban J connectivity index is 2.12. The largest absolute Gasteiger partial charge is 0.496 e. The fourth-order valence-electron chi connectivity index (χ4n) is 1.76. The average Bonchev–Trinajstić information content (AvgIpc) is 2.83. The summed E-state index contributed by atoms with van der Waals surface area (Å²) in [6.07, 6.45) is 0. The molecule has 0 radical (unpaired) electrons. The van der Waals surface area contributed by atoms with E-state index in [1.165, 1.54) is 0 Å². The standard InChI is InChI=1S/C13H15BrN4O2/c1-8-15-12(17-16-8)7-18(2)13(19)9-4-5-11(20-3)10(14)6-9/h4-6H,7H2,1-3H3,(H,15,16,17). The zero-order valence-corrected chi connectivity index (χ0v) is 13.1. The van der Waals surface area contributed by atoms with Crippen LogP contribution in [-0.2, 0) is 6.54 Å². The first-order valence-electron chi connectivity index (χ1n) is 5.98. The number of aryl methyl sites for hydroxylation is 1. The highest BCUT2D eigenvalue weighted by Crippen LogP contribution is 2.26. The van der Waals surface area contributed by atoms with Crippen LogP contribution in [-0.4, -0.2) is 40.1 Å². The Morgan fingerprint density at radius 1 is 1.50 bits per heavy atom. The second-order valence-electron chi connectivity index (χ2n) is 4.35. The molecule has 1 aromatic heterocycles. The van der Waals surface area contributed by atoms with Crippen molar-refractivity contribution in [3.8, 4) is 5.75 Å². The van der Waals surface area contributed by atoms with Gasteiger partial charge in [-0.15, -0.1) is 0 Å². The Kier molecular flexibility index (Phi) is 4.39. The molecular formula is C13H15BrN4O2. The Morgan fingerprint density at radius 2 is 2.25 bits per heavy atom. The number of carbonyl (C=O) groups is 1. The number of carbonyl (C=O) groups excluding carboxylic acids is 1. The molecule has 0 fully saturated rings. The van der Waals surface area contributed by atoms with Crippen molar-refractivity contribution in [3.63, 3.8) is 0 Å². The Morgan fingerprint density at radius 3 is 2.80 bits per heavy atom. The molecule has 7 heteroatoms. The summed E-state index contributed by atoms with van der Waals surface area (Å²) >= 11 is 3.37. The van der Waals surface area contributed by atoms with Gasteiger partial charge < -0.3 is 9.64 Å². The van der Waals surface area contributed by atoms with Crippen LogP contribution >= 0.6 is 15.9 Å². The molecule has 0 bridgehead atoms. The van der Waals surface area contributed by atoms with Gasteiger partial charge in [0.2, 0.25) is 0 Å². The van der Waals surface area contributed by atoms with Crippen molar-refractivity contribution in [1.29, 1.82) is 0 Å². The number of methoxy groups -OCH3 is 1. The number of hydrogen-bond donors (Lipinski definition) is 1. The molecule has 20 heavy (non-hydrogen) atoms. The fraction of sp³-hybridized carbons (Fsp3) is 0.308. The molecule has 6 nitrogen and oxygen atoms in total. The van der Waals surface area contributed by atoms with Gasteiger partial charge >= 0.3 is 0 Å². The maximum absolute atomic E-state index is 12.3. The van der Waals surface area contributed by atoms with Gasteiger partial charge in [-0.25, -0.2) is 4.98 Å². The maximum Gasteiger partial charge on any atom is 0.254 e. The highest BCUT2D eigenvalue weighted by atomic mass is 79.9. The first kappa shape index (κ1) is 14.5. The Bertz CT molecular complexity index is 627. The number of nitrogens with zero attached hydrogens (tertiary/aromatic N) is 3. The lowest BCUT2D eigenvalue weighted by molar-refractivity contribution is 0.0781. The summed E-state index contributed by atoms with van der Waals surface area (Å²) in [5, 5.41) is 6.77. The summed E-state index contributed by atoms with van der Waals surface area (Å²) < 4.78 is 5.89. The summed E-state index contributed by atoms with van der Waals surface area (Å²) in [5.74, 6) is 1.91. The van der Waals surface area contributed by atoms with E-state index in [1.807, 2.05) is 6.92 Å². The SMILES string of the molecule is COc1ccc(C(=O)N(C)Cc2n[nH]c(C)n2)cc1Br. The summed E-state index contributed by atoms with van der Waals surface area (Å²) in [4.78, 5) is 18.1. The molecule has 1 N–H and O–H groups in total. The molecule has 0 spiro atoms. The number of halogens is 1. The molecule has 0 aliphatic carbocycles. The number of benzene rings is 1. The quantitative estimate of drug-likeness (QED) is 0.927. The molecule has 0 unspecified atom stereocenters. The van der Waals surface area contributed by atoms with E-state index in [4.69, 9.17) is 4.74 Å². The second-order valence-corrected chi connectivity index (χ2v) is 5.20. The molecule has 2 rings (SSSR count). The molecular weight excluding hydrogens is 324 g/mol. The Hall–Kier alpha value is -1.89. The van der Waals surface area contributed by atoms with Crippen LogP contribution in [0.4, 0.5) is 0 Å². The molecule has 1 heterocycles. The van der Waals surface area contributed by atoms with Gasteiger partial charge in [0.05, 0.1) is 18.1 Å². The van der Waals surface area contributed by atoms with Crippen molar-refractivity contribution in [2.24, 2.45) is 0 Å². The highest BCUT2D eigenvalue weighted by molar-refractivity contribution is 9.10. The highest BCUT2D eigenvalue weighted by Gasteiger charge is 2.15. The zero-order chi connectivity index (χ0) is 14.7. The molecule has 0 saturated heterocycles. The lowest BCUT2D eigenvalue weighted by Crippen LogP contribution is -2.26. The van der Waals surface area contributed by atoms with E-state index in [1.54, 1.807) is 37.3 Å².